The summed E-state index contributed by atoms with van der Waals surface area (Å²) >= 11 is 0. The first kappa shape index (κ1) is 12.8. The fourth-order valence-corrected chi connectivity index (χ4v) is 2.15. The van der Waals surface area contributed by atoms with E-state index in [1.165, 1.54) is 0 Å². The summed E-state index contributed by atoms with van der Waals surface area (Å²) in [7, 11) is 0. The van der Waals surface area contributed by atoms with Crippen LogP contribution in [0.1, 0.15) is 13.3 Å². The molecule has 1 saturated heterocycles. The standard InChI is InChI=1S/C13H18N3O2/c1-2-18-13(17)8-12-10-15-6-7-16(12)11-4-3-5-14-9-11/h3-5,12,15H,2,6-8,10H2,1H3. The largest absolute Gasteiger partial charge is 0.466 e. The summed E-state index contributed by atoms with van der Waals surface area (Å²) in [5.41, 5.74) is 0.938. The fraction of sp³-hybridized carbons (Fsp3) is 0.538. The van der Waals surface area contributed by atoms with Crippen LogP contribution in [0.25, 0.3) is 0 Å². The molecule has 0 spiro atoms. The molecule has 97 valence electrons. The summed E-state index contributed by atoms with van der Waals surface area (Å²) in [6.07, 6.45) is 5.06. The number of piperazine rings is 1. The molecule has 0 amide bonds. The van der Waals surface area contributed by atoms with Gasteiger partial charge in [-0.2, -0.15) is 0 Å². The minimum Gasteiger partial charge on any atom is -0.466 e. The van der Waals surface area contributed by atoms with Crippen molar-refractivity contribution in [3.05, 3.63) is 24.5 Å². The van der Waals surface area contributed by atoms with Crippen molar-refractivity contribution in [3.8, 4) is 0 Å². The van der Waals surface area contributed by atoms with Crippen LogP contribution in [0.15, 0.2) is 18.3 Å². The van der Waals surface area contributed by atoms with Crippen LogP contribution >= 0.6 is 0 Å². The van der Waals surface area contributed by atoms with Gasteiger partial charge in [0, 0.05) is 25.8 Å². The third-order valence-corrected chi connectivity index (χ3v) is 2.96. The van der Waals surface area contributed by atoms with Gasteiger partial charge >= 0.3 is 5.97 Å². The van der Waals surface area contributed by atoms with E-state index < -0.39 is 0 Å². The van der Waals surface area contributed by atoms with E-state index in [0.717, 1.165) is 25.3 Å². The van der Waals surface area contributed by atoms with Crippen molar-refractivity contribution in [2.45, 2.75) is 19.4 Å². The van der Waals surface area contributed by atoms with E-state index in [2.05, 4.69) is 21.4 Å². The zero-order valence-electron chi connectivity index (χ0n) is 10.6. The Morgan fingerprint density at radius 3 is 3.33 bits per heavy atom. The molecule has 1 fully saturated rings. The molecule has 1 aromatic rings. The molecular formula is C13H18N3O2. The predicted molar refractivity (Wildman–Crippen MR) is 68.3 cm³/mol. The lowest BCUT2D eigenvalue weighted by atomic mass is 10.1. The van der Waals surface area contributed by atoms with Crippen molar-refractivity contribution < 1.29 is 9.53 Å². The van der Waals surface area contributed by atoms with E-state index in [0.29, 0.717) is 13.0 Å². The summed E-state index contributed by atoms with van der Waals surface area (Å²) in [5.74, 6) is -0.153. The zero-order valence-corrected chi connectivity index (χ0v) is 10.6. The molecule has 0 bridgehead atoms. The maximum Gasteiger partial charge on any atom is 0.307 e. The van der Waals surface area contributed by atoms with E-state index in [-0.39, 0.29) is 12.0 Å². The molecule has 5 nitrogen and oxygen atoms in total. The van der Waals surface area contributed by atoms with Crippen molar-refractivity contribution in [2.24, 2.45) is 0 Å². The van der Waals surface area contributed by atoms with E-state index in [1.54, 1.807) is 6.20 Å². The molecule has 1 N–H and O–H groups in total. The molecule has 18 heavy (non-hydrogen) atoms. The lowest BCUT2D eigenvalue weighted by molar-refractivity contribution is -0.143. The number of ether oxygens (including phenoxy) is 1. The molecule has 0 saturated carbocycles. The highest BCUT2D eigenvalue weighted by atomic mass is 16.5. The van der Waals surface area contributed by atoms with Crippen LogP contribution in [0, 0.1) is 6.20 Å². The van der Waals surface area contributed by atoms with Gasteiger partial charge in [-0.3, -0.25) is 9.78 Å². The number of rotatable bonds is 4. The Balaban J connectivity index is 2.04. The van der Waals surface area contributed by atoms with Crippen LogP contribution < -0.4 is 10.2 Å². The molecule has 1 unspecified atom stereocenters. The Bertz CT molecular complexity index is 383. The Morgan fingerprint density at radius 1 is 1.72 bits per heavy atom. The lowest BCUT2D eigenvalue weighted by Gasteiger charge is -2.37. The van der Waals surface area contributed by atoms with E-state index >= 15 is 0 Å². The van der Waals surface area contributed by atoms with Gasteiger partial charge < -0.3 is 15.0 Å². The highest BCUT2D eigenvalue weighted by Gasteiger charge is 2.25. The van der Waals surface area contributed by atoms with Crippen LogP contribution in [0.4, 0.5) is 5.69 Å². The van der Waals surface area contributed by atoms with E-state index in [1.807, 2.05) is 19.1 Å². The SMILES string of the molecule is CCOC(=O)CC1CNCCN1c1[c]nccc1. The molecule has 2 rings (SSSR count). The Kier molecular flexibility index (Phi) is 4.52. The zero-order chi connectivity index (χ0) is 12.8. The summed E-state index contributed by atoms with van der Waals surface area (Å²) in [4.78, 5) is 17.8. The third-order valence-electron chi connectivity index (χ3n) is 2.96. The van der Waals surface area contributed by atoms with Gasteiger partial charge in [-0.1, -0.05) is 0 Å². The first-order valence-corrected chi connectivity index (χ1v) is 6.27. The normalized spacial score (nSPS) is 19.6. The number of nitrogens with zero attached hydrogens (tertiary/aromatic N) is 2. The highest BCUT2D eigenvalue weighted by molar-refractivity contribution is 5.71. The molecule has 1 radical (unpaired) electrons. The topological polar surface area (TPSA) is 54.5 Å². The number of carbonyl (C=O) groups excluding carboxylic acids is 1. The number of pyridine rings is 1. The Hall–Kier alpha value is -1.62. The maximum absolute atomic E-state index is 11.6. The van der Waals surface area contributed by atoms with Crippen LogP contribution in [-0.2, 0) is 9.53 Å². The first-order chi connectivity index (χ1) is 8.81. The molecule has 1 atom stereocenters. The third kappa shape index (κ3) is 3.20. The molecule has 1 aliphatic heterocycles. The number of hydrogen-bond acceptors (Lipinski definition) is 5. The number of anilines is 1. The van der Waals surface area contributed by atoms with Crippen molar-refractivity contribution in [1.29, 1.82) is 0 Å². The van der Waals surface area contributed by atoms with Crippen molar-refractivity contribution in [2.75, 3.05) is 31.1 Å². The number of carbonyl (C=O) groups is 1. The summed E-state index contributed by atoms with van der Waals surface area (Å²) < 4.78 is 5.01. The van der Waals surface area contributed by atoms with Gasteiger partial charge in [-0.05, 0) is 19.1 Å². The highest BCUT2D eigenvalue weighted by Crippen LogP contribution is 2.18. The van der Waals surface area contributed by atoms with E-state index in [9.17, 15) is 4.79 Å². The molecule has 5 heteroatoms. The monoisotopic (exact) mass is 248 g/mol. The molecule has 1 aromatic heterocycles. The molecule has 0 aromatic carbocycles. The smallest absolute Gasteiger partial charge is 0.307 e. The molecular weight excluding hydrogens is 230 g/mol. The second kappa shape index (κ2) is 6.35. The number of esters is 1. The summed E-state index contributed by atoms with van der Waals surface area (Å²) in [6.45, 7) is 4.79. The Labute approximate surface area is 107 Å². The van der Waals surface area contributed by atoms with Gasteiger partial charge in [-0.25, -0.2) is 0 Å². The Morgan fingerprint density at radius 2 is 2.61 bits per heavy atom. The van der Waals surface area contributed by atoms with Crippen molar-refractivity contribution in [1.82, 2.24) is 10.3 Å². The van der Waals surface area contributed by atoms with Gasteiger partial charge in [0.2, 0.25) is 0 Å². The number of aromatic nitrogens is 1. The van der Waals surface area contributed by atoms with Gasteiger partial charge in [0.1, 0.15) is 6.20 Å². The maximum atomic E-state index is 11.6. The average Bonchev–Trinajstić information content (AvgIpc) is 2.40. The summed E-state index contributed by atoms with van der Waals surface area (Å²) in [6, 6.07) is 3.96. The van der Waals surface area contributed by atoms with Gasteiger partial charge in [-0.15, -0.1) is 0 Å². The first-order valence-electron chi connectivity index (χ1n) is 6.27. The molecule has 0 aliphatic carbocycles. The molecule has 1 aliphatic rings. The minimum atomic E-state index is -0.153. The van der Waals surface area contributed by atoms with Crippen LogP contribution in [0.3, 0.4) is 0 Å². The van der Waals surface area contributed by atoms with Gasteiger partial charge in [0.15, 0.2) is 0 Å². The van der Waals surface area contributed by atoms with Crippen molar-refractivity contribution >= 4 is 11.7 Å². The van der Waals surface area contributed by atoms with Crippen LogP contribution in [0.5, 0.6) is 0 Å². The fourth-order valence-electron chi connectivity index (χ4n) is 2.15. The van der Waals surface area contributed by atoms with Crippen LogP contribution in [0.2, 0.25) is 0 Å². The molecule has 2 heterocycles. The quantitative estimate of drug-likeness (QED) is 0.791. The second-order valence-corrected chi connectivity index (χ2v) is 4.19. The van der Waals surface area contributed by atoms with Gasteiger partial charge in [0.05, 0.1) is 24.8 Å². The summed E-state index contributed by atoms with van der Waals surface area (Å²) in [5, 5.41) is 3.30. The number of nitrogens with one attached hydrogen (secondary N) is 1. The van der Waals surface area contributed by atoms with E-state index in [4.69, 9.17) is 4.74 Å². The average molecular weight is 248 g/mol. The number of hydrogen-bond donors (Lipinski definition) is 1. The lowest BCUT2D eigenvalue weighted by Crippen LogP contribution is -2.52. The van der Waals surface area contributed by atoms with Crippen LogP contribution in [-0.4, -0.2) is 43.2 Å². The second-order valence-electron chi connectivity index (χ2n) is 4.19. The minimum absolute atomic E-state index is 0.109. The van der Waals surface area contributed by atoms with Gasteiger partial charge in [0.25, 0.3) is 0 Å². The predicted octanol–water partition coefficient (Wildman–Crippen LogP) is 0.613. The van der Waals surface area contributed by atoms with Crippen molar-refractivity contribution in [3.63, 3.8) is 0 Å².